The third-order valence-corrected chi connectivity index (χ3v) is 6.77. The zero-order valence-corrected chi connectivity index (χ0v) is 21.0. The van der Waals surface area contributed by atoms with Crippen LogP contribution in [-0.2, 0) is 14.8 Å². The van der Waals surface area contributed by atoms with Gasteiger partial charge in [0.05, 0.1) is 25.1 Å². The number of carbonyl (C=O) groups is 1. The Bertz CT molecular complexity index is 1030. The summed E-state index contributed by atoms with van der Waals surface area (Å²) >= 11 is 0. The maximum Gasteiger partial charge on any atom is 0.232 e. The fraction of sp³-hybridized carbons (Fsp3) is 0.480. The number of anilines is 1. The molecule has 2 rings (SSSR count). The summed E-state index contributed by atoms with van der Waals surface area (Å²) in [7, 11) is -1.76. The second-order valence-corrected chi connectivity index (χ2v) is 10.6. The molecule has 176 valence electrons. The summed E-state index contributed by atoms with van der Waals surface area (Å²) in [5.41, 5.74) is 4.89. The van der Waals surface area contributed by atoms with Gasteiger partial charge in [-0.25, -0.2) is 8.42 Å². The summed E-state index contributed by atoms with van der Waals surface area (Å²) in [4.78, 5) is 12.6. The number of hydrogen-bond acceptors (Lipinski definition) is 4. The number of hydrogen-bond donors (Lipinski definition) is 1. The van der Waals surface area contributed by atoms with Crippen molar-refractivity contribution in [3.63, 3.8) is 0 Å². The molecule has 6 nitrogen and oxygen atoms in total. The molecule has 0 aliphatic carbocycles. The molecule has 2 aromatic carbocycles. The molecule has 7 heteroatoms. The smallest absolute Gasteiger partial charge is 0.232 e. The quantitative estimate of drug-likeness (QED) is 0.549. The average Bonchev–Trinajstić information content (AvgIpc) is 2.70. The Labute approximate surface area is 193 Å². The van der Waals surface area contributed by atoms with E-state index in [4.69, 9.17) is 4.74 Å². The van der Waals surface area contributed by atoms with Crippen LogP contribution in [0, 0.1) is 13.8 Å². The van der Waals surface area contributed by atoms with E-state index in [-0.39, 0.29) is 24.9 Å². The van der Waals surface area contributed by atoms with Gasteiger partial charge in [-0.3, -0.25) is 9.10 Å². The first-order valence-electron chi connectivity index (χ1n) is 11.0. The summed E-state index contributed by atoms with van der Waals surface area (Å²) < 4.78 is 31.4. The van der Waals surface area contributed by atoms with Crippen molar-refractivity contribution >= 4 is 21.6 Å². The number of aryl methyl sites for hydroxylation is 2. The summed E-state index contributed by atoms with van der Waals surface area (Å²) in [6, 6.07) is 11.3. The van der Waals surface area contributed by atoms with E-state index in [9.17, 15) is 13.2 Å². The van der Waals surface area contributed by atoms with Crippen LogP contribution in [0.25, 0.3) is 0 Å². The standard InChI is InChI=1S/C25H36N2O4S/c1-17(2)22-16-23(19(4)15-24(22)31-6)20(5)26-25(28)9-8-14-27(32(7,29)30)21-12-10-18(3)11-13-21/h10-13,15-17,20H,8-9,14H2,1-7H3,(H,26,28). The maximum atomic E-state index is 12.6. The number of methoxy groups -OCH3 is 1. The Morgan fingerprint density at radius 3 is 2.22 bits per heavy atom. The van der Waals surface area contributed by atoms with Crippen LogP contribution >= 0.6 is 0 Å². The van der Waals surface area contributed by atoms with Crippen LogP contribution in [0.5, 0.6) is 5.75 Å². The number of nitrogens with zero attached hydrogens (tertiary/aromatic N) is 1. The molecule has 0 aliphatic heterocycles. The van der Waals surface area contributed by atoms with Crippen molar-refractivity contribution in [2.75, 3.05) is 24.2 Å². The summed E-state index contributed by atoms with van der Waals surface area (Å²) in [5.74, 6) is 1.06. The van der Waals surface area contributed by atoms with E-state index < -0.39 is 10.0 Å². The highest BCUT2D eigenvalue weighted by Crippen LogP contribution is 2.32. The number of carbonyl (C=O) groups excluding carboxylic acids is 1. The lowest BCUT2D eigenvalue weighted by Gasteiger charge is -2.23. The molecule has 0 saturated heterocycles. The molecule has 0 bridgehead atoms. The molecular weight excluding hydrogens is 424 g/mol. The molecule has 0 aromatic heterocycles. The average molecular weight is 461 g/mol. The Balaban J connectivity index is 2.03. The minimum atomic E-state index is -3.43. The molecule has 2 aromatic rings. The van der Waals surface area contributed by atoms with Crippen LogP contribution in [0.2, 0.25) is 0 Å². The molecule has 0 fully saturated rings. The molecule has 1 N–H and O–H groups in total. The Hall–Kier alpha value is -2.54. The minimum absolute atomic E-state index is 0.101. The molecular formula is C25H36N2O4S. The highest BCUT2D eigenvalue weighted by atomic mass is 32.2. The zero-order chi connectivity index (χ0) is 24.1. The SMILES string of the molecule is COc1cc(C)c(C(C)NC(=O)CCCN(c2ccc(C)cc2)S(C)(=O)=O)cc1C(C)C. The van der Waals surface area contributed by atoms with Crippen LogP contribution < -0.4 is 14.4 Å². The Kier molecular flexibility index (Phi) is 8.73. The number of benzene rings is 2. The third-order valence-electron chi connectivity index (χ3n) is 5.57. The largest absolute Gasteiger partial charge is 0.496 e. The topological polar surface area (TPSA) is 75.7 Å². The second-order valence-electron chi connectivity index (χ2n) is 8.67. The van der Waals surface area contributed by atoms with Gasteiger partial charge in [0.25, 0.3) is 0 Å². The Morgan fingerprint density at radius 2 is 1.69 bits per heavy atom. The van der Waals surface area contributed by atoms with Gasteiger partial charge >= 0.3 is 0 Å². The van der Waals surface area contributed by atoms with Crippen molar-refractivity contribution in [3.8, 4) is 5.75 Å². The van der Waals surface area contributed by atoms with E-state index in [1.165, 1.54) is 10.6 Å². The van der Waals surface area contributed by atoms with Gasteiger partial charge in [0.2, 0.25) is 15.9 Å². The fourth-order valence-corrected chi connectivity index (χ4v) is 4.75. The molecule has 32 heavy (non-hydrogen) atoms. The zero-order valence-electron chi connectivity index (χ0n) is 20.2. The molecule has 0 heterocycles. The molecule has 0 saturated carbocycles. The first-order chi connectivity index (χ1) is 14.9. The van der Waals surface area contributed by atoms with E-state index in [0.717, 1.165) is 28.0 Å². The van der Waals surface area contributed by atoms with Gasteiger partial charge in [0.15, 0.2) is 0 Å². The molecule has 1 amide bonds. The summed E-state index contributed by atoms with van der Waals surface area (Å²) in [6.45, 7) is 10.4. The van der Waals surface area contributed by atoms with Crippen molar-refractivity contribution < 1.29 is 17.9 Å². The summed E-state index contributed by atoms with van der Waals surface area (Å²) in [5, 5.41) is 3.05. The first-order valence-corrected chi connectivity index (χ1v) is 12.8. The van der Waals surface area contributed by atoms with E-state index in [2.05, 4.69) is 25.2 Å². The number of amides is 1. The van der Waals surface area contributed by atoms with Crippen molar-refractivity contribution in [2.45, 2.75) is 59.4 Å². The van der Waals surface area contributed by atoms with Gasteiger partial charge in [-0.1, -0.05) is 31.5 Å². The minimum Gasteiger partial charge on any atom is -0.496 e. The van der Waals surface area contributed by atoms with Crippen molar-refractivity contribution in [2.24, 2.45) is 0 Å². The number of rotatable bonds is 10. The van der Waals surface area contributed by atoms with Gasteiger partial charge < -0.3 is 10.1 Å². The lowest BCUT2D eigenvalue weighted by Crippen LogP contribution is -2.32. The van der Waals surface area contributed by atoms with Crippen molar-refractivity contribution in [1.82, 2.24) is 5.32 Å². The second kappa shape index (κ2) is 10.9. The summed E-state index contributed by atoms with van der Waals surface area (Å²) in [6.07, 6.45) is 1.86. The molecule has 0 aliphatic rings. The third kappa shape index (κ3) is 6.73. The van der Waals surface area contributed by atoms with Gasteiger partial charge in [-0.2, -0.15) is 0 Å². The lowest BCUT2D eigenvalue weighted by molar-refractivity contribution is -0.121. The van der Waals surface area contributed by atoms with E-state index in [0.29, 0.717) is 18.0 Å². The van der Waals surface area contributed by atoms with Gasteiger partial charge in [-0.15, -0.1) is 0 Å². The molecule has 1 unspecified atom stereocenters. The predicted octanol–water partition coefficient (Wildman–Crippen LogP) is 4.86. The monoisotopic (exact) mass is 460 g/mol. The number of nitrogens with one attached hydrogen (secondary N) is 1. The maximum absolute atomic E-state index is 12.6. The lowest BCUT2D eigenvalue weighted by atomic mass is 9.93. The Morgan fingerprint density at radius 1 is 1.06 bits per heavy atom. The molecule has 1 atom stereocenters. The highest BCUT2D eigenvalue weighted by Gasteiger charge is 2.19. The first kappa shape index (κ1) is 25.7. The van der Waals surface area contributed by atoms with Crippen molar-refractivity contribution in [1.29, 1.82) is 0 Å². The predicted molar refractivity (Wildman–Crippen MR) is 131 cm³/mol. The van der Waals surface area contributed by atoms with E-state index >= 15 is 0 Å². The molecule has 0 spiro atoms. The van der Waals surface area contributed by atoms with Gasteiger partial charge in [0.1, 0.15) is 5.75 Å². The van der Waals surface area contributed by atoms with Crippen LogP contribution in [0.1, 0.15) is 67.8 Å². The van der Waals surface area contributed by atoms with E-state index in [1.54, 1.807) is 19.2 Å². The van der Waals surface area contributed by atoms with Gasteiger partial charge in [0, 0.05) is 13.0 Å². The number of sulfonamides is 1. The van der Waals surface area contributed by atoms with Crippen molar-refractivity contribution in [3.05, 3.63) is 58.7 Å². The van der Waals surface area contributed by atoms with E-state index in [1.807, 2.05) is 39.0 Å². The normalized spacial score (nSPS) is 12.5. The van der Waals surface area contributed by atoms with Crippen LogP contribution in [0.15, 0.2) is 36.4 Å². The van der Waals surface area contributed by atoms with Crippen LogP contribution in [-0.4, -0.2) is 34.2 Å². The fourth-order valence-electron chi connectivity index (χ4n) is 3.78. The van der Waals surface area contributed by atoms with Crippen LogP contribution in [0.3, 0.4) is 0 Å². The van der Waals surface area contributed by atoms with Gasteiger partial charge in [-0.05, 0) is 74.1 Å². The van der Waals surface area contributed by atoms with Crippen LogP contribution in [0.4, 0.5) is 5.69 Å². The molecule has 0 radical (unpaired) electrons. The number of ether oxygens (including phenoxy) is 1. The highest BCUT2D eigenvalue weighted by molar-refractivity contribution is 7.92.